The van der Waals surface area contributed by atoms with Gasteiger partial charge in [0.2, 0.25) is 0 Å². The lowest BCUT2D eigenvalue weighted by Gasteiger charge is -2.31. The topological polar surface area (TPSA) is 48.0 Å². The van der Waals surface area contributed by atoms with Gasteiger partial charge in [-0.05, 0) is 45.4 Å². The lowest BCUT2D eigenvalue weighted by molar-refractivity contribution is 0.0122. The van der Waals surface area contributed by atoms with Crippen molar-refractivity contribution in [3.8, 4) is 5.75 Å². The molecular weight excluding hydrogens is 412 g/mol. The van der Waals surface area contributed by atoms with E-state index in [-0.39, 0.29) is 12.6 Å². The Labute approximate surface area is 160 Å². The number of hydrogen-bond donors (Lipinski definition) is 0. The Bertz CT molecular complexity index is 616. The average molecular weight is 436 g/mol. The zero-order valence-corrected chi connectivity index (χ0v) is 16.7. The summed E-state index contributed by atoms with van der Waals surface area (Å²) in [6.07, 6.45) is -2.34. The molecule has 0 radical (unpaired) electrons. The molecule has 0 bridgehead atoms. The summed E-state index contributed by atoms with van der Waals surface area (Å²) in [5.74, 6) is 0.320. The van der Waals surface area contributed by atoms with E-state index in [4.69, 9.17) is 14.2 Å². The van der Waals surface area contributed by atoms with Gasteiger partial charge in [-0.1, -0.05) is 15.9 Å². The Morgan fingerprint density at radius 1 is 1.42 bits per heavy atom. The number of alkyl halides is 2. The van der Waals surface area contributed by atoms with E-state index in [1.54, 1.807) is 43.9 Å². The summed E-state index contributed by atoms with van der Waals surface area (Å²) >= 11 is 3.37. The predicted molar refractivity (Wildman–Crippen MR) is 96.6 cm³/mol. The van der Waals surface area contributed by atoms with Crippen LogP contribution in [0.15, 0.2) is 22.7 Å². The summed E-state index contributed by atoms with van der Waals surface area (Å²) in [4.78, 5) is 14.3. The highest BCUT2D eigenvalue weighted by molar-refractivity contribution is 9.10. The number of nitrogens with zero attached hydrogens (tertiary/aromatic N) is 1. The number of amides is 1. The fourth-order valence-corrected chi connectivity index (χ4v) is 2.99. The third kappa shape index (κ3) is 6.39. The molecule has 26 heavy (non-hydrogen) atoms. The van der Waals surface area contributed by atoms with Crippen LogP contribution in [0.4, 0.5) is 13.6 Å². The van der Waals surface area contributed by atoms with Crippen LogP contribution in [0.1, 0.15) is 32.8 Å². The molecule has 1 unspecified atom stereocenters. The van der Waals surface area contributed by atoms with Crippen LogP contribution in [0, 0.1) is 0 Å². The van der Waals surface area contributed by atoms with E-state index in [9.17, 15) is 13.6 Å². The average Bonchev–Trinajstić information content (AvgIpc) is 3.03. The molecule has 0 N–H and O–H groups in total. The van der Waals surface area contributed by atoms with Crippen molar-refractivity contribution in [2.45, 2.75) is 51.8 Å². The lowest BCUT2D eigenvalue weighted by atomic mass is 10.1. The molecule has 5 nitrogen and oxygen atoms in total. The fraction of sp³-hybridized carbons (Fsp3) is 0.611. The highest BCUT2D eigenvalue weighted by Crippen LogP contribution is 2.28. The summed E-state index contributed by atoms with van der Waals surface area (Å²) in [6, 6.07) is 4.95. The highest BCUT2D eigenvalue weighted by atomic mass is 79.9. The summed E-state index contributed by atoms with van der Waals surface area (Å²) < 4.78 is 41.9. The number of carbonyl (C=O) groups is 1. The number of carbonyl (C=O) groups excluding carboxylic acids is 1. The molecule has 1 aromatic rings. The minimum absolute atomic E-state index is 0.133. The van der Waals surface area contributed by atoms with Crippen molar-refractivity contribution in [3.63, 3.8) is 0 Å². The first-order valence-corrected chi connectivity index (χ1v) is 9.22. The van der Waals surface area contributed by atoms with Crippen LogP contribution >= 0.6 is 15.9 Å². The van der Waals surface area contributed by atoms with E-state index in [0.29, 0.717) is 30.9 Å². The minimum Gasteiger partial charge on any atom is -0.487 e. The van der Waals surface area contributed by atoms with Crippen molar-refractivity contribution in [3.05, 3.63) is 28.2 Å². The molecule has 1 atom stereocenters. The molecule has 0 aliphatic carbocycles. The Hall–Kier alpha value is -1.41. The van der Waals surface area contributed by atoms with Crippen molar-refractivity contribution < 1.29 is 27.8 Å². The van der Waals surface area contributed by atoms with E-state index < -0.39 is 24.7 Å². The maximum absolute atomic E-state index is 12.7. The van der Waals surface area contributed by atoms with Crippen LogP contribution in [-0.4, -0.2) is 48.9 Å². The smallest absolute Gasteiger partial charge is 0.410 e. The van der Waals surface area contributed by atoms with Crippen molar-refractivity contribution in [1.29, 1.82) is 0 Å². The monoisotopic (exact) mass is 435 g/mol. The molecule has 0 aromatic heterocycles. The first-order chi connectivity index (χ1) is 12.2. The first-order valence-electron chi connectivity index (χ1n) is 8.42. The van der Waals surface area contributed by atoms with Gasteiger partial charge in [-0.3, -0.25) is 4.90 Å². The van der Waals surface area contributed by atoms with Crippen LogP contribution in [-0.2, 0) is 16.0 Å². The third-order valence-corrected chi connectivity index (χ3v) is 4.20. The second-order valence-electron chi connectivity index (χ2n) is 7.08. The van der Waals surface area contributed by atoms with Gasteiger partial charge in [-0.2, -0.15) is 0 Å². The molecule has 1 heterocycles. The largest absolute Gasteiger partial charge is 0.487 e. The molecule has 1 fully saturated rings. The molecule has 1 aromatic carbocycles. The van der Waals surface area contributed by atoms with E-state index in [1.807, 2.05) is 0 Å². The Balaban J connectivity index is 2.23. The van der Waals surface area contributed by atoms with Gasteiger partial charge in [0.1, 0.15) is 18.0 Å². The Morgan fingerprint density at radius 2 is 2.15 bits per heavy atom. The predicted octanol–water partition coefficient (Wildman–Crippen LogP) is 4.62. The number of hydrogen-bond acceptors (Lipinski definition) is 4. The van der Waals surface area contributed by atoms with Crippen LogP contribution in [0.2, 0.25) is 0 Å². The summed E-state index contributed by atoms with van der Waals surface area (Å²) in [7, 11) is 0. The Kier molecular flexibility index (Phi) is 7.23. The lowest BCUT2D eigenvalue weighted by Crippen LogP contribution is -2.43. The normalized spacial score (nSPS) is 17.4. The number of ether oxygens (including phenoxy) is 3. The zero-order valence-electron chi connectivity index (χ0n) is 15.1. The number of halogens is 3. The van der Waals surface area contributed by atoms with Crippen LogP contribution in [0.25, 0.3) is 0 Å². The number of benzene rings is 1. The molecule has 1 aliphatic heterocycles. The van der Waals surface area contributed by atoms with Gasteiger partial charge in [0.25, 0.3) is 6.43 Å². The standard InChI is InChI=1S/C18H24BrF2NO4/c1-18(2,3)26-17(23)22(14-6-7-24-10-14)9-12-8-13(19)4-5-15(12)25-11-16(20)21/h4-5,8,14,16H,6-7,9-11H2,1-3H3. The molecule has 146 valence electrons. The second kappa shape index (κ2) is 8.99. The molecule has 8 heteroatoms. The van der Waals surface area contributed by atoms with E-state index in [0.717, 1.165) is 4.47 Å². The summed E-state index contributed by atoms with van der Waals surface area (Å²) in [5.41, 5.74) is -0.0149. The minimum atomic E-state index is -2.57. The summed E-state index contributed by atoms with van der Waals surface area (Å²) in [6.45, 7) is 5.85. The molecule has 1 saturated heterocycles. The van der Waals surface area contributed by atoms with Crippen molar-refractivity contribution >= 4 is 22.0 Å². The van der Waals surface area contributed by atoms with E-state index in [1.165, 1.54) is 0 Å². The van der Waals surface area contributed by atoms with Gasteiger partial charge >= 0.3 is 6.09 Å². The maximum Gasteiger partial charge on any atom is 0.410 e. The van der Waals surface area contributed by atoms with E-state index >= 15 is 0 Å². The maximum atomic E-state index is 12.7. The van der Waals surface area contributed by atoms with Crippen molar-refractivity contribution in [1.82, 2.24) is 4.90 Å². The molecule has 0 saturated carbocycles. The third-order valence-electron chi connectivity index (χ3n) is 3.70. The molecule has 2 rings (SSSR count). The van der Waals surface area contributed by atoms with Gasteiger partial charge in [-0.15, -0.1) is 0 Å². The Morgan fingerprint density at radius 3 is 2.73 bits per heavy atom. The van der Waals surface area contributed by atoms with Gasteiger partial charge < -0.3 is 14.2 Å². The molecule has 0 spiro atoms. The second-order valence-corrected chi connectivity index (χ2v) is 8.00. The van der Waals surface area contributed by atoms with Crippen LogP contribution < -0.4 is 4.74 Å². The quantitative estimate of drug-likeness (QED) is 0.653. The first kappa shape index (κ1) is 20.9. The molecule has 1 aliphatic rings. The fourth-order valence-electron chi connectivity index (χ4n) is 2.58. The molecular formula is C18H24BrF2NO4. The van der Waals surface area contributed by atoms with Gasteiger partial charge in [0.05, 0.1) is 19.2 Å². The van der Waals surface area contributed by atoms with E-state index in [2.05, 4.69) is 15.9 Å². The SMILES string of the molecule is CC(C)(C)OC(=O)N(Cc1cc(Br)ccc1OCC(F)F)C1CCOC1. The highest BCUT2D eigenvalue weighted by Gasteiger charge is 2.31. The van der Waals surface area contributed by atoms with Crippen molar-refractivity contribution in [2.24, 2.45) is 0 Å². The van der Waals surface area contributed by atoms with Gasteiger partial charge in [-0.25, -0.2) is 13.6 Å². The van der Waals surface area contributed by atoms with Crippen LogP contribution in [0.3, 0.4) is 0 Å². The molecule has 1 amide bonds. The zero-order chi connectivity index (χ0) is 19.3. The van der Waals surface area contributed by atoms with Crippen molar-refractivity contribution in [2.75, 3.05) is 19.8 Å². The summed E-state index contributed by atoms with van der Waals surface area (Å²) in [5, 5.41) is 0. The van der Waals surface area contributed by atoms with Gasteiger partial charge in [0, 0.05) is 16.6 Å². The van der Waals surface area contributed by atoms with Crippen LogP contribution in [0.5, 0.6) is 5.75 Å². The van der Waals surface area contributed by atoms with Gasteiger partial charge in [0.15, 0.2) is 0 Å². The number of rotatable bonds is 6.